The lowest BCUT2D eigenvalue weighted by atomic mass is 10.1. The number of hydrogen-bond donors (Lipinski definition) is 2. The van der Waals surface area contributed by atoms with Crippen LogP contribution < -0.4 is 10.1 Å². The number of rotatable bonds is 7. The van der Waals surface area contributed by atoms with Gasteiger partial charge in [0.05, 0.1) is 17.7 Å². The SMILES string of the molecule is O=C(O)c1cccc(NC(=O)c2ccccc2OCCc2ccccc2)c1. The molecule has 3 aromatic carbocycles. The highest BCUT2D eigenvalue weighted by Crippen LogP contribution is 2.20. The smallest absolute Gasteiger partial charge is 0.335 e. The first-order valence-corrected chi connectivity index (χ1v) is 8.54. The van der Waals surface area contributed by atoms with Crippen molar-refractivity contribution < 1.29 is 19.4 Å². The summed E-state index contributed by atoms with van der Waals surface area (Å²) in [5, 5.41) is 11.8. The molecule has 0 aromatic heterocycles. The maximum absolute atomic E-state index is 12.6. The summed E-state index contributed by atoms with van der Waals surface area (Å²) in [5.74, 6) is -0.913. The predicted octanol–water partition coefficient (Wildman–Crippen LogP) is 4.26. The van der Waals surface area contributed by atoms with Crippen molar-refractivity contribution in [1.29, 1.82) is 0 Å². The Labute approximate surface area is 157 Å². The van der Waals surface area contributed by atoms with Crippen LogP contribution in [0.4, 0.5) is 5.69 Å². The summed E-state index contributed by atoms with van der Waals surface area (Å²) in [7, 11) is 0. The molecule has 0 saturated carbocycles. The Bertz CT molecular complexity index is 938. The molecule has 5 heteroatoms. The van der Waals surface area contributed by atoms with Crippen molar-refractivity contribution in [2.45, 2.75) is 6.42 Å². The molecule has 0 aliphatic heterocycles. The number of ether oxygens (including phenoxy) is 1. The average Bonchev–Trinajstić information content (AvgIpc) is 2.69. The fourth-order valence-electron chi connectivity index (χ4n) is 2.63. The van der Waals surface area contributed by atoms with E-state index in [-0.39, 0.29) is 11.5 Å². The summed E-state index contributed by atoms with van der Waals surface area (Å²) in [6.45, 7) is 0.447. The number of carbonyl (C=O) groups is 2. The van der Waals surface area contributed by atoms with Crippen LogP contribution in [0.2, 0.25) is 0 Å². The van der Waals surface area contributed by atoms with Gasteiger partial charge in [-0.1, -0.05) is 48.5 Å². The van der Waals surface area contributed by atoms with Crippen LogP contribution in [-0.4, -0.2) is 23.6 Å². The van der Waals surface area contributed by atoms with Crippen LogP contribution in [0.1, 0.15) is 26.3 Å². The highest BCUT2D eigenvalue weighted by molar-refractivity contribution is 6.06. The maximum Gasteiger partial charge on any atom is 0.335 e. The monoisotopic (exact) mass is 361 g/mol. The number of aromatic carboxylic acids is 1. The van der Waals surface area contributed by atoms with E-state index in [0.29, 0.717) is 23.6 Å². The van der Waals surface area contributed by atoms with Crippen molar-refractivity contribution >= 4 is 17.6 Å². The molecule has 0 spiro atoms. The minimum absolute atomic E-state index is 0.111. The van der Waals surface area contributed by atoms with Crippen molar-refractivity contribution in [2.75, 3.05) is 11.9 Å². The zero-order valence-corrected chi connectivity index (χ0v) is 14.6. The second kappa shape index (κ2) is 8.67. The Balaban J connectivity index is 1.68. The van der Waals surface area contributed by atoms with Gasteiger partial charge in [0.15, 0.2) is 0 Å². The quantitative estimate of drug-likeness (QED) is 0.659. The predicted molar refractivity (Wildman–Crippen MR) is 103 cm³/mol. The third kappa shape index (κ3) is 4.95. The van der Waals surface area contributed by atoms with Gasteiger partial charge in [0, 0.05) is 12.1 Å². The lowest BCUT2D eigenvalue weighted by molar-refractivity contribution is 0.0696. The Kier molecular flexibility index (Phi) is 5.84. The lowest BCUT2D eigenvalue weighted by Gasteiger charge is -2.12. The molecule has 0 radical (unpaired) electrons. The van der Waals surface area contributed by atoms with Crippen LogP contribution in [-0.2, 0) is 6.42 Å². The van der Waals surface area contributed by atoms with E-state index in [9.17, 15) is 9.59 Å². The van der Waals surface area contributed by atoms with Crippen LogP contribution in [0, 0.1) is 0 Å². The molecule has 0 atom stereocenters. The minimum atomic E-state index is -1.05. The first-order chi connectivity index (χ1) is 13.1. The molecule has 136 valence electrons. The maximum atomic E-state index is 12.6. The van der Waals surface area contributed by atoms with Gasteiger partial charge < -0.3 is 15.2 Å². The highest BCUT2D eigenvalue weighted by Gasteiger charge is 2.13. The third-order valence-electron chi connectivity index (χ3n) is 3.99. The van der Waals surface area contributed by atoms with Gasteiger partial charge in [0.1, 0.15) is 5.75 Å². The van der Waals surface area contributed by atoms with E-state index in [2.05, 4.69) is 5.32 Å². The van der Waals surface area contributed by atoms with Crippen molar-refractivity contribution in [2.24, 2.45) is 0 Å². The van der Waals surface area contributed by atoms with E-state index in [1.807, 2.05) is 30.3 Å². The molecule has 0 fully saturated rings. The van der Waals surface area contributed by atoms with Crippen molar-refractivity contribution in [3.63, 3.8) is 0 Å². The van der Waals surface area contributed by atoms with E-state index in [0.717, 1.165) is 12.0 Å². The molecule has 0 aliphatic rings. The normalized spacial score (nSPS) is 10.2. The number of anilines is 1. The Morgan fingerprint density at radius 2 is 1.63 bits per heavy atom. The lowest BCUT2D eigenvalue weighted by Crippen LogP contribution is -2.14. The summed E-state index contributed by atoms with van der Waals surface area (Å²) in [6.07, 6.45) is 0.734. The molecule has 27 heavy (non-hydrogen) atoms. The Morgan fingerprint density at radius 3 is 2.41 bits per heavy atom. The Hall–Kier alpha value is -3.60. The standard InChI is InChI=1S/C22H19NO4/c24-21(23-18-10-6-9-17(15-18)22(25)26)19-11-4-5-12-20(19)27-14-13-16-7-2-1-3-8-16/h1-12,15H,13-14H2,(H,23,24)(H,25,26). The number of amides is 1. The number of carboxylic acid groups (broad SMARTS) is 1. The van der Waals surface area contributed by atoms with E-state index in [1.54, 1.807) is 36.4 Å². The fourth-order valence-corrected chi connectivity index (χ4v) is 2.63. The molecule has 0 unspecified atom stereocenters. The highest BCUT2D eigenvalue weighted by atomic mass is 16.5. The van der Waals surface area contributed by atoms with Gasteiger partial charge in [-0.2, -0.15) is 0 Å². The molecular weight excluding hydrogens is 342 g/mol. The molecule has 0 heterocycles. The molecule has 3 rings (SSSR count). The van der Waals surface area contributed by atoms with E-state index in [4.69, 9.17) is 9.84 Å². The van der Waals surface area contributed by atoms with Gasteiger partial charge in [-0.15, -0.1) is 0 Å². The number of benzene rings is 3. The van der Waals surface area contributed by atoms with Gasteiger partial charge in [-0.05, 0) is 35.9 Å². The first-order valence-electron chi connectivity index (χ1n) is 8.54. The number of para-hydroxylation sites is 1. The van der Waals surface area contributed by atoms with E-state index < -0.39 is 5.97 Å². The number of hydrogen-bond acceptors (Lipinski definition) is 3. The molecule has 2 N–H and O–H groups in total. The molecule has 0 saturated heterocycles. The second-order valence-electron chi connectivity index (χ2n) is 5.92. The van der Waals surface area contributed by atoms with E-state index >= 15 is 0 Å². The topological polar surface area (TPSA) is 75.6 Å². The first kappa shape index (κ1) is 18.2. The zero-order chi connectivity index (χ0) is 19.1. The van der Waals surface area contributed by atoms with Crippen LogP contribution in [0.25, 0.3) is 0 Å². The van der Waals surface area contributed by atoms with Crippen LogP contribution in [0.3, 0.4) is 0 Å². The molecular formula is C22H19NO4. The number of carbonyl (C=O) groups excluding carboxylic acids is 1. The van der Waals surface area contributed by atoms with Crippen molar-refractivity contribution in [3.05, 3.63) is 95.6 Å². The third-order valence-corrected chi connectivity index (χ3v) is 3.99. The van der Waals surface area contributed by atoms with Crippen molar-refractivity contribution in [1.82, 2.24) is 0 Å². The van der Waals surface area contributed by atoms with Crippen LogP contribution in [0.5, 0.6) is 5.75 Å². The number of carboxylic acids is 1. The summed E-state index contributed by atoms with van der Waals surface area (Å²) in [4.78, 5) is 23.7. The van der Waals surface area contributed by atoms with Gasteiger partial charge >= 0.3 is 5.97 Å². The molecule has 3 aromatic rings. The second-order valence-corrected chi connectivity index (χ2v) is 5.92. The minimum Gasteiger partial charge on any atom is -0.492 e. The summed E-state index contributed by atoms with van der Waals surface area (Å²) in [5.41, 5.74) is 2.08. The average molecular weight is 361 g/mol. The van der Waals surface area contributed by atoms with E-state index in [1.165, 1.54) is 12.1 Å². The molecule has 0 bridgehead atoms. The van der Waals surface area contributed by atoms with Crippen molar-refractivity contribution in [3.8, 4) is 5.75 Å². The Morgan fingerprint density at radius 1 is 0.889 bits per heavy atom. The summed E-state index contributed by atoms with van der Waals surface area (Å²) < 4.78 is 5.81. The molecule has 1 amide bonds. The largest absolute Gasteiger partial charge is 0.492 e. The summed E-state index contributed by atoms with van der Waals surface area (Å²) >= 11 is 0. The van der Waals surface area contributed by atoms with Crippen LogP contribution >= 0.6 is 0 Å². The van der Waals surface area contributed by atoms with Gasteiger partial charge in [-0.25, -0.2) is 4.79 Å². The molecule has 0 aliphatic carbocycles. The number of nitrogens with one attached hydrogen (secondary N) is 1. The summed E-state index contributed by atoms with van der Waals surface area (Å²) in [6, 6.07) is 23.1. The fraction of sp³-hybridized carbons (Fsp3) is 0.0909. The van der Waals surface area contributed by atoms with Crippen LogP contribution in [0.15, 0.2) is 78.9 Å². The van der Waals surface area contributed by atoms with Gasteiger partial charge in [-0.3, -0.25) is 4.79 Å². The zero-order valence-electron chi connectivity index (χ0n) is 14.6. The van der Waals surface area contributed by atoms with Gasteiger partial charge in [0.25, 0.3) is 5.91 Å². The molecule has 5 nitrogen and oxygen atoms in total. The van der Waals surface area contributed by atoms with Gasteiger partial charge in [0.2, 0.25) is 0 Å².